The molecule has 1 aromatic rings. The molecule has 0 radical (unpaired) electrons. The maximum Gasteiger partial charge on any atom is 0.359 e. The van der Waals surface area contributed by atoms with Gasteiger partial charge in [-0.05, 0) is 51.4 Å². The number of esters is 2. The third-order valence-electron chi connectivity index (χ3n) is 7.36. The Labute approximate surface area is 182 Å². The number of hydrogen-bond donors (Lipinski definition) is 0. The smallest absolute Gasteiger partial charge is 0.359 e. The third-order valence-corrected chi connectivity index (χ3v) is 7.36. The van der Waals surface area contributed by atoms with Crippen LogP contribution in [0.4, 0.5) is 0 Å². The number of nitrogens with zero attached hydrogens (tertiary/aromatic N) is 3. The molecular formula is C23H31N3O5. The molecule has 168 valence electrons. The van der Waals surface area contributed by atoms with E-state index in [1.807, 2.05) is 4.68 Å². The Hall–Kier alpha value is -2.38. The van der Waals surface area contributed by atoms with E-state index in [0.717, 1.165) is 49.9 Å². The van der Waals surface area contributed by atoms with E-state index >= 15 is 0 Å². The number of amides is 1. The second kappa shape index (κ2) is 7.95. The summed E-state index contributed by atoms with van der Waals surface area (Å²) in [5.74, 6) is -0.503. The van der Waals surface area contributed by atoms with Gasteiger partial charge < -0.3 is 14.4 Å². The number of hydrogen-bond acceptors (Lipinski definition) is 6. The van der Waals surface area contributed by atoms with Gasteiger partial charge in [0.1, 0.15) is 5.60 Å². The number of fused-ring (bicyclic) bond motifs is 1. The standard InChI is InChI=1S/C23H31N3O5/c1-2-30-22(29)20-16-14-25(11-8-18(16)26(24-20)13-15-6-7-15)21(28)17-12-19(27)31-23(17)9-4-3-5-10-23/h15,17H,2-14H2,1H3/t17-/m0/s1. The normalized spacial score (nSPS) is 24.7. The second-order valence-corrected chi connectivity index (χ2v) is 9.49. The van der Waals surface area contributed by atoms with E-state index in [9.17, 15) is 14.4 Å². The highest BCUT2D eigenvalue weighted by Crippen LogP contribution is 2.45. The highest BCUT2D eigenvalue weighted by molar-refractivity contribution is 5.91. The Bertz CT molecular complexity index is 897. The predicted octanol–water partition coefficient (Wildman–Crippen LogP) is 2.62. The van der Waals surface area contributed by atoms with Gasteiger partial charge in [-0.1, -0.05) is 6.42 Å². The summed E-state index contributed by atoms with van der Waals surface area (Å²) in [6, 6.07) is 0. The molecule has 1 aromatic heterocycles. The van der Waals surface area contributed by atoms with Crippen molar-refractivity contribution in [2.75, 3.05) is 13.2 Å². The molecule has 3 fully saturated rings. The van der Waals surface area contributed by atoms with E-state index in [1.165, 1.54) is 12.8 Å². The Morgan fingerprint density at radius 3 is 2.71 bits per heavy atom. The fourth-order valence-electron chi connectivity index (χ4n) is 5.56. The van der Waals surface area contributed by atoms with Gasteiger partial charge in [-0.3, -0.25) is 14.3 Å². The fraction of sp³-hybridized carbons (Fsp3) is 0.739. The number of aromatic nitrogens is 2. The van der Waals surface area contributed by atoms with Gasteiger partial charge in [-0.25, -0.2) is 4.79 Å². The van der Waals surface area contributed by atoms with Crippen LogP contribution in [0.1, 0.15) is 80.0 Å². The molecule has 0 bridgehead atoms. The summed E-state index contributed by atoms with van der Waals surface area (Å²) in [4.78, 5) is 40.1. The Morgan fingerprint density at radius 2 is 2.00 bits per heavy atom. The van der Waals surface area contributed by atoms with E-state index in [4.69, 9.17) is 9.47 Å². The number of rotatable bonds is 5. The highest BCUT2D eigenvalue weighted by atomic mass is 16.6. The average molecular weight is 430 g/mol. The Balaban J connectivity index is 1.40. The van der Waals surface area contributed by atoms with Crippen LogP contribution >= 0.6 is 0 Å². The van der Waals surface area contributed by atoms with Gasteiger partial charge in [0, 0.05) is 37.3 Å². The van der Waals surface area contributed by atoms with E-state index in [1.54, 1.807) is 11.8 Å². The zero-order valence-electron chi connectivity index (χ0n) is 18.2. The van der Waals surface area contributed by atoms with Crippen LogP contribution in [0.5, 0.6) is 0 Å². The molecule has 0 unspecified atom stereocenters. The van der Waals surface area contributed by atoms with Gasteiger partial charge in [0.25, 0.3) is 0 Å². The van der Waals surface area contributed by atoms with Crippen molar-refractivity contribution in [1.29, 1.82) is 0 Å². The van der Waals surface area contributed by atoms with Crippen molar-refractivity contribution >= 4 is 17.8 Å². The average Bonchev–Trinajstić information content (AvgIpc) is 3.43. The van der Waals surface area contributed by atoms with Crippen LogP contribution in [0, 0.1) is 11.8 Å². The summed E-state index contributed by atoms with van der Waals surface area (Å²) in [6.07, 6.45) is 7.85. The Kier molecular flexibility index (Phi) is 5.26. The molecule has 0 N–H and O–H groups in total. The molecule has 1 amide bonds. The molecule has 31 heavy (non-hydrogen) atoms. The lowest BCUT2D eigenvalue weighted by Crippen LogP contribution is -2.48. The predicted molar refractivity (Wildman–Crippen MR) is 110 cm³/mol. The summed E-state index contributed by atoms with van der Waals surface area (Å²) in [5.41, 5.74) is 1.56. The number of carbonyl (C=O) groups is 3. The van der Waals surface area contributed by atoms with Crippen molar-refractivity contribution in [3.8, 4) is 0 Å². The molecule has 1 atom stereocenters. The SMILES string of the molecule is CCOC(=O)c1nn(CC2CC2)c2c1CN(C(=O)[C@@H]1CC(=O)OC13CCCCC3)CC2. The third kappa shape index (κ3) is 3.74. The van der Waals surface area contributed by atoms with Crippen molar-refractivity contribution in [2.45, 2.75) is 83.4 Å². The minimum Gasteiger partial charge on any atom is -0.461 e. The van der Waals surface area contributed by atoms with Crippen LogP contribution in [0.2, 0.25) is 0 Å². The molecule has 8 heteroatoms. The molecule has 8 nitrogen and oxygen atoms in total. The molecule has 1 spiro atoms. The molecule has 3 heterocycles. The summed E-state index contributed by atoms with van der Waals surface area (Å²) in [6.45, 7) is 3.81. The molecule has 5 rings (SSSR count). The highest BCUT2D eigenvalue weighted by Gasteiger charge is 2.54. The maximum atomic E-state index is 13.6. The van der Waals surface area contributed by atoms with Crippen molar-refractivity contribution in [2.24, 2.45) is 11.8 Å². The first-order valence-electron chi connectivity index (χ1n) is 11.8. The lowest BCUT2D eigenvalue weighted by atomic mass is 9.75. The largest absolute Gasteiger partial charge is 0.461 e. The molecule has 2 saturated carbocycles. The maximum absolute atomic E-state index is 13.6. The van der Waals surface area contributed by atoms with Gasteiger partial charge >= 0.3 is 11.9 Å². The summed E-state index contributed by atoms with van der Waals surface area (Å²) in [5, 5.41) is 4.60. The topological polar surface area (TPSA) is 90.7 Å². The van der Waals surface area contributed by atoms with Crippen LogP contribution in [0.25, 0.3) is 0 Å². The molecule has 2 aliphatic heterocycles. The van der Waals surface area contributed by atoms with E-state index in [0.29, 0.717) is 31.1 Å². The lowest BCUT2D eigenvalue weighted by Gasteiger charge is -2.39. The first-order chi connectivity index (χ1) is 15.0. The second-order valence-electron chi connectivity index (χ2n) is 9.49. The van der Waals surface area contributed by atoms with Gasteiger partial charge in [-0.15, -0.1) is 0 Å². The van der Waals surface area contributed by atoms with Crippen molar-refractivity contribution in [3.05, 3.63) is 17.0 Å². The van der Waals surface area contributed by atoms with Gasteiger partial charge in [-0.2, -0.15) is 5.10 Å². The molecule has 1 saturated heterocycles. The van der Waals surface area contributed by atoms with Crippen molar-refractivity contribution in [3.63, 3.8) is 0 Å². The minimum atomic E-state index is -0.632. The summed E-state index contributed by atoms with van der Waals surface area (Å²) < 4.78 is 13.0. The van der Waals surface area contributed by atoms with E-state index < -0.39 is 17.5 Å². The molecule has 0 aromatic carbocycles. The monoisotopic (exact) mass is 429 g/mol. The first kappa shape index (κ1) is 20.5. The van der Waals surface area contributed by atoms with Crippen molar-refractivity contribution < 1.29 is 23.9 Å². The van der Waals surface area contributed by atoms with Crippen LogP contribution in [-0.4, -0.2) is 51.3 Å². The van der Waals surface area contributed by atoms with Gasteiger partial charge in [0.05, 0.1) is 18.9 Å². The lowest BCUT2D eigenvalue weighted by molar-refractivity contribution is -0.156. The number of ether oxygens (including phenoxy) is 2. The van der Waals surface area contributed by atoms with Gasteiger partial charge in [0.15, 0.2) is 5.69 Å². The van der Waals surface area contributed by atoms with E-state index in [2.05, 4.69) is 5.10 Å². The van der Waals surface area contributed by atoms with Gasteiger partial charge in [0.2, 0.25) is 5.91 Å². The minimum absolute atomic E-state index is 0.0249. The zero-order valence-corrected chi connectivity index (χ0v) is 18.2. The van der Waals surface area contributed by atoms with Crippen LogP contribution in [-0.2, 0) is 38.6 Å². The molecule has 2 aliphatic carbocycles. The first-order valence-corrected chi connectivity index (χ1v) is 11.8. The number of carbonyl (C=O) groups excluding carboxylic acids is 3. The molecular weight excluding hydrogens is 398 g/mol. The van der Waals surface area contributed by atoms with Crippen LogP contribution in [0.15, 0.2) is 0 Å². The fourth-order valence-corrected chi connectivity index (χ4v) is 5.56. The molecule has 4 aliphatic rings. The summed E-state index contributed by atoms with van der Waals surface area (Å²) >= 11 is 0. The quantitative estimate of drug-likeness (QED) is 0.669. The zero-order chi connectivity index (χ0) is 21.6. The summed E-state index contributed by atoms with van der Waals surface area (Å²) in [7, 11) is 0. The van der Waals surface area contributed by atoms with Crippen LogP contribution < -0.4 is 0 Å². The van der Waals surface area contributed by atoms with Crippen molar-refractivity contribution in [1.82, 2.24) is 14.7 Å². The van der Waals surface area contributed by atoms with Crippen LogP contribution in [0.3, 0.4) is 0 Å². The Morgan fingerprint density at radius 1 is 1.23 bits per heavy atom. The van der Waals surface area contributed by atoms with E-state index in [-0.39, 0.29) is 24.9 Å².